The van der Waals surface area contributed by atoms with Gasteiger partial charge in [-0.05, 0) is 19.3 Å². The van der Waals surface area contributed by atoms with Crippen molar-refractivity contribution < 1.29 is 20.1 Å². The maximum atomic E-state index is 10.6. The standard InChI is InChI=1S/C19H30N6O4S/c1-2-9-30-19-21-17(20-11-5-3-4-6-11)14-18(22-19)25(24-23-14)12-10-13(29-8-7-26)16(28)15(12)27/h11-13,15-16,26-28H,2-10H2,1H3,(H,20,21,22)/t12-,13+,15+,16-/m1/s1. The minimum absolute atomic E-state index is 0.106. The van der Waals surface area contributed by atoms with Crippen LogP contribution in [0.5, 0.6) is 0 Å². The van der Waals surface area contributed by atoms with E-state index in [1.807, 2.05) is 0 Å². The Kier molecular flexibility index (Phi) is 7.04. The van der Waals surface area contributed by atoms with Gasteiger partial charge in [0, 0.05) is 18.2 Å². The highest BCUT2D eigenvalue weighted by Gasteiger charge is 2.44. The molecule has 2 heterocycles. The van der Waals surface area contributed by atoms with Crippen molar-refractivity contribution >= 4 is 28.7 Å². The highest BCUT2D eigenvalue weighted by atomic mass is 32.2. The van der Waals surface area contributed by atoms with Crippen molar-refractivity contribution in [3.05, 3.63) is 0 Å². The number of fused-ring (bicyclic) bond motifs is 1. The molecule has 0 unspecified atom stereocenters. The normalized spacial score (nSPS) is 27.3. The van der Waals surface area contributed by atoms with E-state index < -0.39 is 24.4 Å². The average molecular weight is 439 g/mol. The molecule has 0 bridgehead atoms. The summed E-state index contributed by atoms with van der Waals surface area (Å²) in [4.78, 5) is 9.37. The van der Waals surface area contributed by atoms with Gasteiger partial charge in [0.25, 0.3) is 0 Å². The number of rotatable bonds is 9. The zero-order valence-corrected chi connectivity index (χ0v) is 18.0. The second-order valence-electron chi connectivity index (χ2n) is 7.95. The molecule has 0 spiro atoms. The van der Waals surface area contributed by atoms with E-state index >= 15 is 0 Å². The van der Waals surface area contributed by atoms with Gasteiger partial charge in [-0.3, -0.25) is 0 Å². The fourth-order valence-corrected chi connectivity index (χ4v) is 4.93. The van der Waals surface area contributed by atoms with Crippen molar-refractivity contribution in [2.45, 2.75) is 81.0 Å². The summed E-state index contributed by atoms with van der Waals surface area (Å²) in [5.41, 5.74) is 1.12. The van der Waals surface area contributed by atoms with Crippen molar-refractivity contribution in [2.24, 2.45) is 0 Å². The van der Waals surface area contributed by atoms with Gasteiger partial charge in [0.05, 0.1) is 25.4 Å². The van der Waals surface area contributed by atoms with Gasteiger partial charge in [-0.1, -0.05) is 36.7 Å². The Morgan fingerprint density at radius 2 is 2.00 bits per heavy atom. The summed E-state index contributed by atoms with van der Waals surface area (Å²) in [6.07, 6.45) is 3.28. The molecule has 2 aromatic rings. The lowest BCUT2D eigenvalue weighted by atomic mass is 10.2. The Bertz CT molecular complexity index is 846. The van der Waals surface area contributed by atoms with Crippen molar-refractivity contribution in [3.63, 3.8) is 0 Å². The van der Waals surface area contributed by atoms with Crippen LogP contribution in [0.25, 0.3) is 11.2 Å². The first-order valence-electron chi connectivity index (χ1n) is 10.7. The number of thioether (sulfide) groups is 1. The zero-order valence-electron chi connectivity index (χ0n) is 17.1. The molecule has 11 heteroatoms. The molecular formula is C19H30N6O4S. The molecule has 4 rings (SSSR count). The van der Waals surface area contributed by atoms with E-state index in [1.54, 1.807) is 16.4 Å². The smallest absolute Gasteiger partial charge is 0.191 e. The molecule has 4 atom stereocenters. The predicted molar refractivity (Wildman–Crippen MR) is 113 cm³/mol. The Morgan fingerprint density at radius 3 is 2.73 bits per heavy atom. The lowest BCUT2D eigenvalue weighted by molar-refractivity contribution is -0.0629. The van der Waals surface area contributed by atoms with Crippen LogP contribution >= 0.6 is 11.8 Å². The number of nitrogens with one attached hydrogen (secondary N) is 1. The molecule has 2 saturated carbocycles. The van der Waals surface area contributed by atoms with Gasteiger partial charge in [0.15, 0.2) is 22.1 Å². The Balaban J connectivity index is 1.66. The van der Waals surface area contributed by atoms with E-state index in [0.717, 1.165) is 25.0 Å². The number of hydrogen-bond acceptors (Lipinski definition) is 10. The fourth-order valence-electron chi connectivity index (χ4n) is 4.24. The van der Waals surface area contributed by atoms with Crippen LogP contribution in [-0.2, 0) is 4.74 Å². The molecule has 0 amide bonds. The minimum Gasteiger partial charge on any atom is -0.394 e. The lowest BCUT2D eigenvalue weighted by Crippen LogP contribution is -2.33. The number of aromatic nitrogens is 5. The molecule has 2 aliphatic rings. The van der Waals surface area contributed by atoms with Crippen molar-refractivity contribution in [2.75, 3.05) is 24.3 Å². The van der Waals surface area contributed by atoms with Crippen molar-refractivity contribution in [1.82, 2.24) is 25.0 Å². The molecule has 0 radical (unpaired) electrons. The van der Waals surface area contributed by atoms with Crippen LogP contribution in [0.2, 0.25) is 0 Å². The quantitative estimate of drug-likeness (QED) is 0.333. The topological polar surface area (TPSA) is 138 Å². The Hall–Kier alpha value is -1.53. The lowest BCUT2D eigenvalue weighted by Gasteiger charge is -2.17. The number of anilines is 1. The van der Waals surface area contributed by atoms with Gasteiger partial charge >= 0.3 is 0 Å². The highest BCUT2D eigenvalue weighted by molar-refractivity contribution is 7.99. The van der Waals surface area contributed by atoms with Crippen LogP contribution in [0.15, 0.2) is 5.16 Å². The number of aliphatic hydroxyl groups excluding tert-OH is 3. The molecule has 10 nitrogen and oxygen atoms in total. The summed E-state index contributed by atoms with van der Waals surface area (Å²) in [5, 5.41) is 42.7. The predicted octanol–water partition coefficient (Wildman–Crippen LogP) is 1.12. The van der Waals surface area contributed by atoms with Crippen molar-refractivity contribution in [3.8, 4) is 0 Å². The highest BCUT2D eigenvalue weighted by Crippen LogP contribution is 2.35. The summed E-state index contributed by atoms with van der Waals surface area (Å²) < 4.78 is 7.08. The largest absolute Gasteiger partial charge is 0.394 e. The van der Waals surface area contributed by atoms with Crippen LogP contribution in [-0.4, -0.2) is 83.6 Å². The first-order chi connectivity index (χ1) is 14.6. The SMILES string of the molecule is CCCSc1nc(NC2CCCC2)c2nnn([C@@H]3C[C@H](OCCO)[C@@H](O)[C@H]3O)c2n1. The molecule has 30 heavy (non-hydrogen) atoms. The summed E-state index contributed by atoms with van der Waals surface area (Å²) in [5.74, 6) is 1.58. The third kappa shape index (κ3) is 4.40. The Labute approximate surface area is 179 Å². The monoisotopic (exact) mass is 438 g/mol. The molecule has 0 aliphatic heterocycles. The van der Waals surface area contributed by atoms with Gasteiger partial charge in [-0.25, -0.2) is 14.6 Å². The van der Waals surface area contributed by atoms with Crippen LogP contribution in [0.1, 0.15) is 51.5 Å². The van der Waals surface area contributed by atoms with E-state index in [2.05, 4.69) is 27.5 Å². The molecular weight excluding hydrogens is 408 g/mol. The first kappa shape index (κ1) is 21.7. The summed E-state index contributed by atoms with van der Waals surface area (Å²) >= 11 is 1.58. The minimum atomic E-state index is -1.06. The molecule has 0 saturated heterocycles. The van der Waals surface area contributed by atoms with E-state index in [9.17, 15) is 10.2 Å². The summed E-state index contributed by atoms with van der Waals surface area (Å²) in [7, 11) is 0. The summed E-state index contributed by atoms with van der Waals surface area (Å²) in [6, 6.07) is -0.153. The number of nitrogens with zero attached hydrogens (tertiary/aromatic N) is 5. The van der Waals surface area contributed by atoms with E-state index in [0.29, 0.717) is 34.6 Å². The van der Waals surface area contributed by atoms with Gasteiger partial charge in [-0.15, -0.1) is 5.10 Å². The van der Waals surface area contributed by atoms with Crippen LogP contribution in [0, 0.1) is 0 Å². The van der Waals surface area contributed by atoms with E-state index in [-0.39, 0.29) is 13.2 Å². The second kappa shape index (κ2) is 9.73. The third-order valence-corrected chi connectivity index (χ3v) is 6.82. The second-order valence-corrected chi connectivity index (χ2v) is 9.01. The molecule has 0 aromatic carbocycles. The first-order valence-corrected chi connectivity index (χ1v) is 11.7. The van der Waals surface area contributed by atoms with Crippen LogP contribution in [0.4, 0.5) is 5.82 Å². The average Bonchev–Trinajstić information content (AvgIpc) is 3.47. The molecule has 2 aromatic heterocycles. The van der Waals surface area contributed by atoms with E-state index in [1.165, 1.54) is 12.8 Å². The Morgan fingerprint density at radius 1 is 1.20 bits per heavy atom. The summed E-state index contributed by atoms with van der Waals surface area (Å²) in [6.45, 7) is 2.07. The van der Waals surface area contributed by atoms with Crippen molar-refractivity contribution in [1.29, 1.82) is 0 Å². The fraction of sp³-hybridized carbons (Fsp3) is 0.789. The van der Waals surface area contributed by atoms with Gasteiger partial charge in [-0.2, -0.15) is 0 Å². The van der Waals surface area contributed by atoms with Crippen LogP contribution < -0.4 is 5.32 Å². The van der Waals surface area contributed by atoms with Gasteiger partial charge in [0.1, 0.15) is 12.2 Å². The number of ether oxygens (including phenoxy) is 1. The number of aliphatic hydroxyl groups is 3. The molecule has 4 N–H and O–H groups in total. The van der Waals surface area contributed by atoms with Gasteiger partial charge in [0.2, 0.25) is 0 Å². The maximum Gasteiger partial charge on any atom is 0.191 e. The number of hydrogen-bond donors (Lipinski definition) is 4. The molecule has 2 aliphatic carbocycles. The maximum absolute atomic E-state index is 10.6. The third-order valence-electron chi connectivity index (χ3n) is 5.77. The van der Waals surface area contributed by atoms with Gasteiger partial charge < -0.3 is 25.4 Å². The van der Waals surface area contributed by atoms with Crippen LogP contribution in [0.3, 0.4) is 0 Å². The zero-order chi connectivity index (χ0) is 21.1. The molecule has 2 fully saturated rings. The molecule has 166 valence electrons. The van der Waals surface area contributed by atoms with E-state index in [4.69, 9.17) is 14.8 Å².